The Morgan fingerprint density at radius 3 is 2.72 bits per heavy atom. The highest BCUT2D eigenvalue weighted by molar-refractivity contribution is 7.99. The SMILES string of the molecule is Cc1c(Cl)cccc1-n1c(SCC(=O)Nc2nnc(C(C)C)o2)nc2ccccc2c1=O. The number of rotatable bonds is 6. The van der Waals surface area contributed by atoms with Crippen LogP contribution in [-0.4, -0.2) is 31.4 Å². The average molecular weight is 470 g/mol. The summed E-state index contributed by atoms with van der Waals surface area (Å²) in [5.74, 6) is 0.129. The number of hydrogen-bond acceptors (Lipinski definition) is 7. The molecule has 32 heavy (non-hydrogen) atoms. The maximum absolute atomic E-state index is 13.3. The van der Waals surface area contributed by atoms with E-state index in [1.54, 1.807) is 36.4 Å². The predicted octanol–water partition coefficient (Wildman–Crippen LogP) is 4.58. The number of para-hydroxylation sites is 1. The maximum atomic E-state index is 13.3. The fraction of sp³-hybridized carbons (Fsp3) is 0.227. The number of nitrogens with one attached hydrogen (secondary N) is 1. The highest BCUT2D eigenvalue weighted by Gasteiger charge is 2.18. The lowest BCUT2D eigenvalue weighted by atomic mass is 10.2. The molecule has 0 unspecified atom stereocenters. The molecule has 4 rings (SSSR count). The molecule has 2 aromatic carbocycles. The van der Waals surface area contributed by atoms with Crippen molar-refractivity contribution in [3.8, 4) is 5.69 Å². The second kappa shape index (κ2) is 9.13. The number of anilines is 1. The Bertz CT molecular complexity index is 1370. The van der Waals surface area contributed by atoms with E-state index < -0.39 is 0 Å². The van der Waals surface area contributed by atoms with E-state index in [2.05, 4.69) is 20.5 Å². The topological polar surface area (TPSA) is 103 Å². The van der Waals surface area contributed by atoms with Gasteiger partial charge >= 0.3 is 6.01 Å². The summed E-state index contributed by atoms with van der Waals surface area (Å²) in [6.07, 6.45) is 0. The van der Waals surface area contributed by atoms with Crippen molar-refractivity contribution < 1.29 is 9.21 Å². The summed E-state index contributed by atoms with van der Waals surface area (Å²) in [6, 6.07) is 12.5. The van der Waals surface area contributed by atoms with E-state index >= 15 is 0 Å². The smallest absolute Gasteiger partial charge is 0.322 e. The molecule has 0 aliphatic rings. The monoisotopic (exact) mass is 469 g/mol. The largest absolute Gasteiger partial charge is 0.408 e. The molecule has 0 aliphatic carbocycles. The van der Waals surface area contributed by atoms with Crippen molar-refractivity contribution in [3.05, 3.63) is 69.3 Å². The molecule has 10 heteroatoms. The quantitative estimate of drug-likeness (QED) is 0.325. The summed E-state index contributed by atoms with van der Waals surface area (Å²) in [6.45, 7) is 5.66. The summed E-state index contributed by atoms with van der Waals surface area (Å²) in [4.78, 5) is 30.5. The average Bonchev–Trinajstić information content (AvgIpc) is 3.24. The number of nitrogens with zero attached hydrogens (tertiary/aromatic N) is 4. The fourth-order valence-corrected chi connectivity index (χ4v) is 4.04. The van der Waals surface area contributed by atoms with Gasteiger partial charge in [0.2, 0.25) is 11.8 Å². The van der Waals surface area contributed by atoms with Gasteiger partial charge in [0.15, 0.2) is 5.16 Å². The lowest BCUT2D eigenvalue weighted by Gasteiger charge is -2.15. The number of hydrogen-bond donors (Lipinski definition) is 1. The van der Waals surface area contributed by atoms with Crippen LogP contribution in [0.1, 0.15) is 31.2 Å². The van der Waals surface area contributed by atoms with E-state index in [0.29, 0.717) is 32.7 Å². The van der Waals surface area contributed by atoms with Crippen LogP contribution >= 0.6 is 23.4 Å². The molecule has 0 bridgehead atoms. The van der Waals surface area contributed by atoms with E-state index in [0.717, 1.165) is 17.3 Å². The molecule has 0 saturated heterocycles. The molecule has 0 saturated carbocycles. The van der Waals surface area contributed by atoms with Crippen molar-refractivity contribution >= 4 is 46.2 Å². The van der Waals surface area contributed by atoms with Crippen molar-refractivity contribution in [1.82, 2.24) is 19.7 Å². The standard InChI is InChI=1S/C22H20ClN5O3S/c1-12(2)19-26-27-21(31-19)25-18(29)11-32-22-24-16-9-5-4-7-14(16)20(30)28(22)17-10-6-8-15(23)13(17)3/h4-10,12H,11H2,1-3H3,(H,25,27,29). The lowest BCUT2D eigenvalue weighted by Crippen LogP contribution is -2.23. The number of fused-ring (bicyclic) bond motifs is 1. The molecule has 2 aromatic heterocycles. The second-order valence-corrected chi connectivity index (χ2v) is 8.72. The van der Waals surface area contributed by atoms with E-state index in [9.17, 15) is 9.59 Å². The molecule has 4 aromatic rings. The molecule has 8 nitrogen and oxygen atoms in total. The normalized spacial score (nSPS) is 11.3. The minimum absolute atomic E-state index is 0.0101. The van der Waals surface area contributed by atoms with Crippen molar-refractivity contribution in [1.29, 1.82) is 0 Å². The van der Waals surface area contributed by atoms with Gasteiger partial charge < -0.3 is 4.42 Å². The van der Waals surface area contributed by atoms with Crippen LogP contribution in [0, 0.1) is 6.92 Å². The molecule has 0 fully saturated rings. The fourth-order valence-electron chi connectivity index (χ4n) is 3.06. The Hall–Kier alpha value is -3.17. The molecule has 2 heterocycles. The maximum Gasteiger partial charge on any atom is 0.322 e. The van der Waals surface area contributed by atoms with Crippen molar-refractivity contribution in [3.63, 3.8) is 0 Å². The van der Waals surface area contributed by atoms with Crippen LogP contribution < -0.4 is 10.9 Å². The van der Waals surface area contributed by atoms with Gasteiger partial charge in [0, 0.05) is 10.9 Å². The second-order valence-electron chi connectivity index (χ2n) is 7.37. The van der Waals surface area contributed by atoms with E-state index in [-0.39, 0.29) is 29.2 Å². The van der Waals surface area contributed by atoms with Crippen LogP contribution in [-0.2, 0) is 4.79 Å². The van der Waals surface area contributed by atoms with Gasteiger partial charge in [-0.05, 0) is 36.8 Å². The molecule has 1 N–H and O–H groups in total. The van der Waals surface area contributed by atoms with Crippen LogP contribution in [0.25, 0.3) is 16.6 Å². The van der Waals surface area contributed by atoms with E-state index in [4.69, 9.17) is 16.0 Å². The first-order valence-electron chi connectivity index (χ1n) is 9.88. The van der Waals surface area contributed by atoms with E-state index in [1.807, 2.05) is 26.8 Å². The Morgan fingerprint density at radius 2 is 1.97 bits per heavy atom. The number of thioether (sulfide) groups is 1. The van der Waals surface area contributed by atoms with E-state index in [1.165, 1.54) is 4.57 Å². The number of carbonyl (C=O) groups is 1. The molecule has 0 atom stereocenters. The third kappa shape index (κ3) is 4.39. The molecule has 0 radical (unpaired) electrons. The summed E-state index contributed by atoms with van der Waals surface area (Å²) in [5, 5.41) is 11.7. The Kier molecular flexibility index (Phi) is 6.29. The molecule has 1 amide bonds. The van der Waals surface area contributed by atoms with Gasteiger partial charge in [-0.3, -0.25) is 19.5 Å². The Morgan fingerprint density at radius 1 is 1.19 bits per heavy atom. The zero-order valence-electron chi connectivity index (χ0n) is 17.6. The number of carbonyl (C=O) groups excluding carboxylic acids is 1. The van der Waals surface area contributed by atoms with Crippen LogP contribution in [0.5, 0.6) is 0 Å². The molecule has 0 aliphatic heterocycles. The number of benzene rings is 2. The number of aromatic nitrogens is 4. The summed E-state index contributed by atoms with van der Waals surface area (Å²) in [7, 11) is 0. The van der Waals surface area contributed by atoms with Gasteiger partial charge in [0.25, 0.3) is 5.56 Å². The van der Waals surface area contributed by atoms with Crippen molar-refractivity contribution in [2.75, 3.05) is 11.1 Å². The van der Waals surface area contributed by atoms with Gasteiger partial charge in [0.1, 0.15) is 0 Å². The van der Waals surface area contributed by atoms with Crippen molar-refractivity contribution in [2.24, 2.45) is 0 Å². The minimum atomic E-state index is -0.356. The van der Waals surface area contributed by atoms with Crippen LogP contribution in [0.3, 0.4) is 0 Å². The number of halogens is 1. The minimum Gasteiger partial charge on any atom is -0.408 e. The molecule has 164 valence electrons. The highest BCUT2D eigenvalue weighted by Crippen LogP contribution is 2.26. The Labute approximate surface area is 193 Å². The Balaban J connectivity index is 1.67. The van der Waals surface area contributed by atoms with Crippen LogP contribution in [0.15, 0.2) is 56.8 Å². The van der Waals surface area contributed by atoms with Crippen LogP contribution in [0.4, 0.5) is 6.01 Å². The number of amides is 1. The predicted molar refractivity (Wildman–Crippen MR) is 125 cm³/mol. The molecular weight excluding hydrogens is 450 g/mol. The van der Waals surface area contributed by atoms with Crippen molar-refractivity contribution in [2.45, 2.75) is 31.8 Å². The summed E-state index contributed by atoms with van der Waals surface area (Å²) in [5.41, 5.74) is 1.67. The van der Waals surface area contributed by atoms with Gasteiger partial charge in [-0.2, -0.15) is 0 Å². The molecular formula is C22H20ClN5O3S. The van der Waals surface area contributed by atoms with Gasteiger partial charge in [-0.1, -0.05) is 60.5 Å². The first kappa shape index (κ1) is 22.0. The summed E-state index contributed by atoms with van der Waals surface area (Å²) < 4.78 is 6.91. The van der Waals surface area contributed by atoms with Crippen LogP contribution in [0.2, 0.25) is 5.02 Å². The third-order valence-electron chi connectivity index (χ3n) is 4.74. The third-order valence-corrected chi connectivity index (χ3v) is 6.09. The lowest BCUT2D eigenvalue weighted by molar-refractivity contribution is -0.113. The first-order valence-corrected chi connectivity index (χ1v) is 11.2. The zero-order valence-corrected chi connectivity index (χ0v) is 19.2. The zero-order chi connectivity index (χ0) is 22.8. The van der Waals surface area contributed by atoms with Gasteiger partial charge in [-0.15, -0.1) is 5.10 Å². The van der Waals surface area contributed by atoms with Gasteiger partial charge in [0.05, 0.1) is 22.3 Å². The first-order chi connectivity index (χ1) is 15.3. The summed E-state index contributed by atoms with van der Waals surface area (Å²) >= 11 is 7.43. The van der Waals surface area contributed by atoms with Gasteiger partial charge in [-0.25, -0.2) is 4.98 Å². The molecule has 0 spiro atoms. The highest BCUT2D eigenvalue weighted by atomic mass is 35.5.